The van der Waals surface area contributed by atoms with E-state index in [2.05, 4.69) is 23.1 Å². The summed E-state index contributed by atoms with van der Waals surface area (Å²) >= 11 is 0. The molecular formula is C23H24FN3O2. The minimum absolute atomic E-state index is 0.209. The van der Waals surface area contributed by atoms with E-state index in [1.54, 1.807) is 35.3 Å². The maximum atomic E-state index is 13.1. The van der Waals surface area contributed by atoms with Crippen molar-refractivity contribution < 1.29 is 13.9 Å². The summed E-state index contributed by atoms with van der Waals surface area (Å²) in [4.78, 5) is 22.4. The number of carbonyl (C=O) groups excluding carboxylic acids is 1. The summed E-state index contributed by atoms with van der Waals surface area (Å²) in [6, 6.07) is 7.85. The Morgan fingerprint density at radius 3 is 2.48 bits per heavy atom. The topological polar surface area (TPSA) is 58.2 Å². The molecule has 5 nitrogen and oxygen atoms in total. The number of halogens is 1. The summed E-state index contributed by atoms with van der Waals surface area (Å²) in [6.07, 6.45) is 3.33. The average molecular weight is 393 g/mol. The molecule has 3 aromatic rings. The van der Waals surface area contributed by atoms with Gasteiger partial charge in [0.2, 0.25) is 5.88 Å². The van der Waals surface area contributed by atoms with Crippen molar-refractivity contribution in [3.63, 3.8) is 0 Å². The number of H-pyrrole nitrogens is 1. The van der Waals surface area contributed by atoms with Gasteiger partial charge >= 0.3 is 0 Å². The van der Waals surface area contributed by atoms with E-state index in [4.69, 9.17) is 4.74 Å². The molecule has 0 aliphatic rings. The second kappa shape index (κ2) is 8.73. The summed E-state index contributed by atoms with van der Waals surface area (Å²) < 4.78 is 19.1. The summed E-state index contributed by atoms with van der Waals surface area (Å²) in [7, 11) is 0. The van der Waals surface area contributed by atoms with Gasteiger partial charge in [-0.15, -0.1) is 13.2 Å². The number of aromatic amines is 1. The van der Waals surface area contributed by atoms with E-state index in [-0.39, 0.29) is 24.0 Å². The predicted octanol–water partition coefficient (Wildman–Crippen LogP) is 4.71. The summed E-state index contributed by atoms with van der Waals surface area (Å²) in [6.45, 7) is 12.3. The van der Waals surface area contributed by atoms with Crippen molar-refractivity contribution in [1.82, 2.24) is 14.9 Å². The van der Waals surface area contributed by atoms with Crippen LogP contribution in [0.3, 0.4) is 0 Å². The summed E-state index contributed by atoms with van der Waals surface area (Å²) in [5.74, 6) is -0.192. The Kier molecular flexibility index (Phi) is 6.12. The van der Waals surface area contributed by atoms with Crippen LogP contribution in [0, 0.1) is 19.7 Å². The van der Waals surface area contributed by atoms with E-state index in [0.29, 0.717) is 19.0 Å². The summed E-state index contributed by atoms with van der Waals surface area (Å²) in [5.41, 5.74) is 3.84. The number of pyridine rings is 1. The molecule has 2 aromatic heterocycles. The lowest BCUT2D eigenvalue weighted by Gasteiger charge is -2.19. The van der Waals surface area contributed by atoms with E-state index in [1.165, 1.54) is 12.1 Å². The van der Waals surface area contributed by atoms with Gasteiger partial charge in [-0.25, -0.2) is 9.37 Å². The fourth-order valence-electron chi connectivity index (χ4n) is 3.08. The first kappa shape index (κ1) is 20.3. The molecule has 1 N–H and O–H groups in total. The molecule has 0 saturated carbocycles. The predicted molar refractivity (Wildman–Crippen MR) is 113 cm³/mol. The number of nitrogens with zero attached hydrogens (tertiary/aromatic N) is 2. The fourth-order valence-corrected chi connectivity index (χ4v) is 3.08. The molecule has 0 fully saturated rings. The Bertz CT molecular complexity index is 1040. The van der Waals surface area contributed by atoms with Crippen molar-refractivity contribution in [3.8, 4) is 5.88 Å². The van der Waals surface area contributed by atoms with E-state index in [0.717, 1.165) is 27.7 Å². The van der Waals surface area contributed by atoms with Crippen molar-refractivity contribution in [2.24, 2.45) is 0 Å². The molecule has 0 saturated heterocycles. The Hall–Kier alpha value is -3.41. The molecule has 2 heterocycles. The fraction of sp³-hybridized carbons (Fsp3) is 0.217. The first-order chi connectivity index (χ1) is 13.9. The molecule has 1 aromatic carbocycles. The van der Waals surface area contributed by atoms with Gasteiger partial charge in [0.1, 0.15) is 23.6 Å². The largest absolute Gasteiger partial charge is 0.471 e. The number of amides is 1. The third-order valence-corrected chi connectivity index (χ3v) is 4.76. The maximum Gasteiger partial charge on any atom is 0.273 e. The smallest absolute Gasteiger partial charge is 0.273 e. The van der Waals surface area contributed by atoms with Crippen molar-refractivity contribution >= 4 is 16.8 Å². The van der Waals surface area contributed by atoms with Crippen LogP contribution in [0.1, 0.15) is 27.3 Å². The second-order valence-electron chi connectivity index (χ2n) is 6.81. The number of hydrogen-bond acceptors (Lipinski definition) is 3. The van der Waals surface area contributed by atoms with Crippen molar-refractivity contribution in [1.29, 1.82) is 0 Å². The number of nitrogens with one attached hydrogen (secondary N) is 1. The van der Waals surface area contributed by atoms with Crippen LogP contribution in [0.5, 0.6) is 5.88 Å². The lowest BCUT2D eigenvalue weighted by Crippen LogP contribution is -2.32. The summed E-state index contributed by atoms with van der Waals surface area (Å²) in [5, 5.41) is 0.882. The van der Waals surface area contributed by atoms with Crippen LogP contribution in [0.25, 0.3) is 10.9 Å². The first-order valence-electron chi connectivity index (χ1n) is 9.32. The van der Waals surface area contributed by atoms with Crippen LogP contribution in [0.15, 0.2) is 55.6 Å². The number of rotatable bonds is 8. The Morgan fingerprint density at radius 1 is 1.21 bits per heavy atom. The van der Waals surface area contributed by atoms with Crippen LogP contribution in [-0.2, 0) is 6.61 Å². The van der Waals surface area contributed by atoms with Gasteiger partial charge in [0.25, 0.3) is 5.91 Å². The Morgan fingerprint density at radius 2 is 1.86 bits per heavy atom. The monoisotopic (exact) mass is 393 g/mol. The lowest BCUT2D eigenvalue weighted by atomic mass is 10.1. The molecule has 0 bridgehead atoms. The van der Waals surface area contributed by atoms with Gasteiger partial charge in [0.15, 0.2) is 0 Å². The van der Waals surface area contributed by atoms with Crippen LogP contribution >= 0.6 is 0 Å². The average Bonchev–Trinajstić information content (AvgIpc) is 3.01. The molecule has 29 heavy (non-hydrogen) atoms. The van der Waals surface area contributed by atoms with Gasteiger partial charge < -0.3 is 14.6 Å². The Balaban J connectivity index is 1.99. The molecule has 150 valence electrons. The van der Waals surface area contributed by atoms with Crippen molar-refractivity contribution in [3.05, 3.63) is 84.0 Å². The van der Waals surface area contributed by atoms with Gasteiger partial charge in [-0.05, 0) is 43.2 Å². The number of aryl methyl sites for hydroxylation is 2. The van der Waals surface area contributed by atoms with Gasteiger partial charge in [-0.2, -0.15) is 0 Å². The third kappa shape index (κ3) is 4.37. The van der Waals surface area contributed by atoms with E-state index in [9.17, 15) is 9.18 Å². The molecule has 0 aliphatic heterocycles. The van der Waals surface area contributed by atoms with Crippen LogP contribution in [-0.4, -0.2) is 33.9 Å². The molecule has 0 radical (unpaired) electrons. The molecule has 0 aliphatic carbocycles. The quantitative estimate of drug-likeness (QED) is 0.564. The number of ether oxygens (including phenoxy) is 1. The molecule has 1 amide bonds. The minimum atomic E-state index is -0.304. The van der Waals surface area contributed by atoms with Crippen LogP contribution < -0.4 is 4.74 Å². The number of hydrogen-bond donors (Lipinski definition) is 1. The van der Waals surface area contributed by atoms with Crippen molar-refractivity contribution in [2.45, 2.75) is 20.5 Å². The zero-order chi connectivity index (χ0) is 21.0. The van der Waals surface area contributed by atoms with Crippen LogP contribution in [0.4, 0.5) is 4.39 Å². The third-order valence-electron chi connectivity index (χ3n) is 4.76. The highest BCUT2D eigenvalue weighted by Crippen LogP contribution is 2.29. The zero-order valence-corrected chi connectivity index (χ0v) is 16.7. The molecule has 0 spiro atoms. The number of benzene rings is 1. The van der Waals surface area contributed by atoms with Gasteiger partial charge in [-0.1, -0.05) is 24.3 Å². The van der Waals surface area contributed by atoms with Gasteiger partial charge in [0.05, 0.1) is 0 Å². The van der Waals surface area contributed by atoms with E-state index >= 15 is 0 Å². The highest BCUT2D eigenvalue weighted by molar-refractivity contribution is 5.98. The molecular weight excluding hydrogens is 369 g/mol. The number of carbonyl (C=O) groups is 1. The Labute approximate surface area is 169 Å². The normalized spacial score (nSPS) is 10.7. The SMILES string of the molecule is C=CCN(CC=C)C(=O)c1cc2c(C)c(C)[nH]c2c(OCc2ccc(F)cc2)n1. The number of fused-ring (bicyclic) bond motifs is 1. The van der Waals surface area contributed by atoms with E-state index in [1.807, 2.05) is 13.8 Å². The zero-order valence-electron chi connectivity index (χ0n) is 16.7. The van der Waals surface area contributed by atoms with Gasteiger partial charge in [0, 0.05) is 24.2 Å². The highest BCUT2D eigenvalue weighted by Gasteiger charge is 2.20. The van der Waals surface area contributed by atoms with E-state index < -0.39 is 0 Å². The minimum Gasteiger partial charge on any atom is -0.471 e. The van der Waals surface area contributed by atoms with Crippen molar-refractivity contribution in [2.75, 3.05) is 13.1 Å². The molecule has 6 heteroatoms. The lowest BCUT2D eigenvalue weighted by molar-refractivity contribution is 0.0784. The highest BCUT2D eigenvalue weighted by atomic mass is 19.1. The second-order valence-corrected chi connectivity index (χ2v) is 6.81. The standard InChI is InChI=1S/C23H24FN3O2/c1-5-11-27(12-6-2)23(28)20-13-19-15(3)16(4)25-21(19)22(26-20)29-14-17-7-9-18(24)10-8-17/h5-10,13,25H,1-2,11-12,14H2,3-4H3. The van der Waals surface area contributed by atoms with Gasteiger partial charge in [-0.3, -0.25) is 4.79 Å². The molecule has 0 atom stereocenters. The molecule has 0 unspecified atom stereocenters. The number of aromatic nitrogens is 2. The maximum absolute atomic E-state index is 13.1. The van der Waals surface area contributed by atoms with Crippen LogP contribution in [0.2, 0.25) is 0 Å². The molecule has 3 rings (SSSR count). The first-order valence-corrected chi connectivity index (χ1v) is 9.32.